The zero-order chi connectivity index (χ0) is 30.9. The van der Waals surface area contributed by atoms with Crippen molar-refractivity contribution in [2.75, 3.05) is 4.90 Å². The van der Waals surface area contributed by atoms with Gasteiger partial charge in [-0.15, -0.1) is 0 Å². The number of aromatic nitrogens is 2. The number of rotatable bonds is 1. The molecule has 3 aliphatic rings. The summed E-state index contributed by atoms with van der Waals surface area (Å²) in [6, 6.07) is 49.9. The summed E-state index contributed by atoms with van der Waals surface area (Å²) in [5.74, 6) is 0. The molecule has 2 unspecified atom stereocenters. The van der Waals surface area contributed by atoms with Crippen molar-refractivity contribution in [3.8, 4) is 16.8 Å². The van der Waals surface area contributed by atoms with Crippen molar-refractivity contribution in [2.24, 2.45) is 0 Å². The van der Waals surface area contributed by atoms with Gasteiger partial charge in [0.15, 0.2) is 0 Å². The van der Waals surface area contributed by atoms with Crippen molar-refractivity contribution >= 4 is 49.7 Å². The van der Waals surface area contributed by atoms with E-state index in [9.17, 15) is 4.21 Å². The second kappa shape index (κ2) is 8.93. The molecular weight excluding hydrogens is 595 g/mol. The number of fused-ring (bicyclic) bond motifs is 15. The molecule has 0 N–H and O–H groups in total. The van der Waals surface area contributed by atoms with Crippen LogP contribution in [0.3, 0.4) is 0 Å². The van der Waals surface area contributed by atoms with Gasteiger partial charge in [0.1, 0.15) is 0 Å². The van der Waals surface area contributed by atoms with Gasteiger partial charge < -0.3 is 9.47 Å². The number of anilines is 3. The number of nitrogens with zero attached hydrogens (tertiary/aromatic N) is 3. The van der Waals surface area contributed by atoms with Crippen molar-refractivity contribution in [3.63, 3.8) is 0 Å². The molecule has 1 spiro atoms. The third kappa shape index (κ3) is 2.95. The fourth-order valence-electron chi connectivity index (χ4n) is 8.78. The van der Waals surface area contributed by atoms with E-state index in [-0.39, 0.29) is 0 Å². The van der Waals surface area contributed by atoms with Crippen LogP contribution in [0.15, 0.2) is 162 Å². The molecule has 0 fully saturated rings. The fourth-order valence-corrected chi connectivity index (χ4v) is 10.1. The highest BCUT2D eigenvalue weighted by Crippen LogP contribution is 2.64. The van der Waals surface area contributed by atoms with Crippen LogP contribution in [-0.4, -0.2) is 13.8 Å². The van der Waals surface area contributed by atoms with Gasteiger partial charge in [0.05, 0.1) is 54.1 Å². The number of hydrogen-bond donors (Lipinski definition) is 0. The predicted octanol–water partition coefficient (Wildman–Crippen LogP) is 9.81. The van der Waals surface area contributed by atoms with Crippen molar-refractivity contribution in [1.29, 1.82) is 0 Å². The van der Waals surface area contributed by atoms with Crippen LogP contribution < -0.4 is 4.90 Å². The average molecular weight is 620 g/mol. The van der Waals surface area contributed by atoms with E-state index in [2.05, 4.69) is 124 Å². The van der Waals surface area contributed by atoms with Crippen LogP contribution >= 0.6 is 0 Å². The molecule has 2 atom stereocenters. The molecule has 11 rings (SSSR count). The van der Waals surface area contributed by atoms with Crippen LogP contribution in [0.25, 0.3) is 38.6 Å². The molecule has 0 saturated heterocycles. The predicted molar refractivity (Wildman–Crippen MR) is 189 cm³/mol. The van der Waals surface area contributed by atoms with E-state index in [1.807, 2.05) is 42.7 Å². The molecule has 4 nitrogen and oxygen atoms in total. The van der Waals surface area contributed by atoms with Crippen LogP contribution in [0.1, 0.15) is 22.3 Å². The Morgan fingerprint density at radius 3 is 2.15 bits per heavy atom. The molecule has 8 aromatic rings. The molecular formula is C42H25N3OS. The number of hydrogen-bond acceptors (Lipinski definition) is 3. The summed E-state index contributed by atoms with van der Waals surface area (Å²) in [5.41, 5.74) is 13.3. The maximum atomic E-state index is 14.4. The normalized spacial score (nSPS) is 18.1. The maximum Gasteiger partial charge on any atom is 0.0892 e. The van der Waals surface area contributed by atoms with Crippen molar-refractivity contribution < 1.29 is 4.21 Å². The van der Waals surface area contributed by atoms with E-state index in [0.717, 1.165) is 32.4 Å². The quantitative estimate of drug-likeness (QED) is 0.184. The van der Waals surface area contributed by atoms with Gasteiger partial charge in [-0.05, 0) is 70.3 Å². The summed E-state index contributed by atoms with van der Waals surface area (Å²) < 4.78 is 16.9. The van der Waals surface area contributed by atoms with Gasteiger partial charge in [0.25, 0.3) is 0 Å². The minimum Gasteiger partial charge on any atom is -0.309 e. The first-order chi connectivity index (χ1) is 23.3. The van der Waals surface area contributed by atoms with Gasteiger partial charge in [-0.25, -0.2) is 4.21 Å². The molecule has 0 bridgehead atoms. The SMILES string of the molecule is O=S1c2ccccc2N(c2ccncc2)c2c1ccc1c2-c2ccccc2C12c1ccccc1-n1c3ccccc3c3cccc2c31. The highest BCUT2D eigenvalue weighted by Gasteiger charge is 2.52. The molecule has 1 aliphatic carbocycles. The molecule has 47 heavy (non-hydrogen) atoms. The van der Waals surface area contributed by atoms with Crippen LogP contribution in [-0.2, 0) is 16.2 Å². The standard InChI is InChI=1S/C42H25N3OS/c46-47-37-19-8-7-18-36(37)44(26-22-24-43-25-23-26)41-38(47)21-20-32-39(41)29-11-1-3-13-30(29)42(32)31-14-4-6-17-35(31)45-34-16-5-2-10-27(34)28-12-9-15-33(42)40(28)45/h1-25H. The third-order valence-corrected chi connectivity index (χ3v) is 11.9. The number of para-hydroxylation sites is 4. The number of benzene rings is 6. The molecule has 5 heteroatoms. The average Bonchev–Trinajstić information content (AvgIpc) is 3.63. The highest BCUT2D eigenvalue weighted by atomic mass is 32.2. The first kappa shape index (κ1) is 25.4. The Balaban J connectivity index is 1.35. The second-order valence-electron chi connectivity index (χ2n) is 12.5. The van der Waals surface area contributed by atoms with Gasteiger partial charge >= 0.3 is 0 Å². The second-order valence-corrected chi connectivity index (χ2v) is 13.9. The smallest absolute Gasteiger partial charge is 0.0892 e. The first-order valence-electron chi connectivity index (χ1n) is 15.9. The number of pyridine rings is 1. The lowest BCUT2D eigenvalue weighted by Gasteiger charge is -2.40. The maximum absolute atomic E-state index is 14.4. The minimum absolute atomic E-state index is 0.580. The summed E-state index contributed by atoms with van der Waals surface area (Å²) in [6.45, 7) is 0. The largest absolute Gasteiger partial charge is 0.309 e. The fraction of sp³-hybridized carbons (Fsp3) is 0.0238. The topological polar surface area (TPSA) is 38.1 Å². The Morgan fingerprint density at radius 2 is 1.26 bits per heavy atom. The molecule has 0 amide bonds. The Morgan fingerprint density at radius 1 is 0.553 bits per heavy atom. The van der Waals surface area contributed by atoms with E-state index < -0.39 is 16.2 Å². The van der Waals surface area contributed by atoms with Crippen molar-refractivity contribution in [2.45, 2.75) is 15.2 Å². The van der Waals surface area contributed by atoms with Crippen molar-refractivity contribution in [3.05, 3.63) is 174 Å². The molecule has 0 saturated carbocycles. The van der Waals surface area contributed by atoms with Crippen LogP contribution in [0.5, 0.6) is 0 Å². The summed E-state index contributed by atoms with van der Waals surface area (Å²) >= 11 is 0. The monoisotopic (exact) mass is 619 g/mol. The van der Waals surface area contributed by atoms with E-state index in [1.54, 1.807) is 0 Å². The highest BCUT2D eigenvalue weighted by molar-refractivity contribution is 7.85. The third-order valence-electron chi connectivity index (χ3n) is 10.4. The molecule has 0 radical (unpaired) electrons. The van der Waals surface area contributed by atoms with Crippen LogP contribution in [0.4, 0.5) is 17.1 Å². The summed E-state index contributed by atoms with van der Waals surface area (Å²) in [5, 5.41) is 2.51. The lowest BCUT2D eigenvalue weighted by molar-refractivity contribution is 0.682. The van der Waals surface area contributed by atoms with Crippen LogP contribution in [0.2, 0.25) is 0 Å². The zero-order valence-electron chi connectivity index (χ0n) is 25.1. The van der Waals surface area contributed by atoms with Gasteiger partial charge in [-0.1, -0.05) is 97.1 Å². The lowest BCUT2D eigenvalue weighted by Crippen LogP contribution is -2.33. The Labute approximate surface area is 273 Å². The van der Waals surface area contributed by atoms with E-state index in [1.165, 1.54) is 55.3 Å². The molecule has 220 valence electrons. The Bertz CT molecular complexity index is 2680. The van der Waals surface area contributed by atoms with Crippen molar-refractivity contribution in [1.82, 2.24) is 9.55 Å². The molecule has 2 aromatic heterocycles. The summed E-state index contributed by atoms with van der Waals surface area (Å²) in [7, 11) is -1.35. The minimum atomic E-state index is -1.35. The van der Waals surface area contributed by atoms with Gasteiger partial charge in [-0.2, -0.15) is 0 Å². The summed E-state index contributed by atoms with van der Waals surface area (Å²) in [6.07, 6.45) is 3.66. The Hall–Kier alpha value is -5.78. The first-order valence-corrected chi connectivity index (χ1v) is 17.0. The van der Waals surface area contributed by atoms with E-state index >= 15 is 0 Å². The lowest BCUT2D eigenvalue weighted by atomic mass is 9.65. The van der Waals surface area contributed by atoms with E-state index in [4.69, 9.17) is 0 Å². The zero-order valence-corrected chi connectivity index (χ0v) is 25.9. The van der Waals surface area contributed by atoms with E-state index in [0.29, 0.717) is 0 Å². The molecule has 2 aliphatic heterocycles. The van der Waals surface area contributed by atoms with Crippen LogP contribution in [0, 0.1) is 0 Å². The van der Waals surface area contributed by atoms with Gasteiger partial charge in [-0.3, -0.25) is 4.98 Å². The van der Waals surface area contributed by atoms with Gasteiger partial charge in [0.2, 0.25) is 0 Å². The molecule has 4 heterocycles. The molecule has 6 aromatic carbocycles. The Kier molecular flexibility index (Phi) is 4.83. The summed E-state index contributed by atoms with van der Waals surface area (Å²) in [4.78, 5) is 8.28. The van der Waals surface area contributed by atoms with Gasteiger partial charge in [0, 0.05) is 34.4 Å².